The number of fused-ring (bicyclic) bond motifs is 1. The maximum absolute atomic E-state index is 3.72. The van der Waals surface area contributed by atoms with Crippen LogP contribution in [0.5, 0.6) is 0 Å². The minimum Gasteiger partial charge on any atom is -0.312 e. The lowest BCUT2D eigenvalue weighted by Crippen LogP contribution is -2.25. The molecule has 0 bridgehead atoms. The van der Waals surface area contributed by atoms with Crippen molar-refractivity contribution in [2.75, 3.05) is 6.54 Å². The van der Waals surface area contributed by atoms with Crippen LogP contribution in [0.1, 0.15) is 42.4 Å². The first kappa shape index (κ1) is 11.9. The minimum atomic E-state index is 0.982. The van der Waals surface area contributed by atoms with Crippen molar-refractivity contribution in [2.45, 2.75) is 45.3 Å². The van der Waals surface area contributed by atoms with Gasteiger partial charge < -0.3 is 10.6 Å². The fraction of sp³-hybridized carbons (Fsp3) is 0.647. The van der Waals surface area contributed by atoms with Gasteiger partial charge in [0.2, 0.25) is 0 Å². The van der Waals surface area contributed by atoms with E-state index in [1.807, 2.05) is 0 Å². The second-order valence-corrected chi connectivity index (χ2v) is 6.68. The summed E-state index contributed by atoms with van der Waals surface area (Å²) < 4.78 is 0. The summed E-state index contributed by atoms with van der Waals surface area (Å²) in [7, 11) is 0. The van der Waals surface area contributed by atoms with E-state index in [2.05, 4.69) is 28.8 Å². The third-order valence-corrected chi connectivity index (χ3v) is 5.07. The van der Waals surface area contributed by atoms with Gasteiger partial charge >= 0.3 is 0 Å². The van der Waals surface area contributed by atoms with Crippen molar-refractivity contribution in [1.29, 1.82) is 0 Å². The molecular weight excluding hydrogens is 232 g/mol. The zero-order valence-corrected chi connectivity index (χ0v) is 11.6. The molecule has 2 saturated carbocycles. The smallest absolute Gasteiger partial charge is 0.0212 e. The lowest BCUT2D eigenvalue weighted by Gasteiger charge is -2.16. The average molecular weight is 256 g/mol. The zero-order chi connectivity index (χ0) is 12.7. The maximum atomic E-state index is 3.72. The number of benzene rings is 1. The van der Waals surface area contributed by atoms with Crippen LogP contribution in [0.15, 0.2) is 18.2 Å². The lowest BCUT2D eigenvalue weighted by molar-refractivity contribution is 0.378. The highest BCUT2D eigenvalue weighted by atomic mass is 14.9. The van der Waals surface area contributed by atoms with E-state index in [4.69, 9.17) is 0 Å². The second-order valence-electron chi connectivity index (χ2n) is 6.68. The number of rotatable bonds is 6. The topological polar surface area (TPSA) is 24.1 Å². The van der Waals surface area contributed by atoms with Crippen LogP contribution < -0.4 is 10.6 Å². The first-order valence-corrected chi connectivity index (χ1v) is 7.92. The van der Waals surface area contributed by atoms with Gasteiger partial charge in [0.1, 0.15) is 0 Å². The predicted molar refractivity (Wildman–Crippen MR) is 77.6 cm³/mol. The SMILES string of the molecule is c1cc2c(cc1CNCC(C1CC1)C1CC1)CNC2. The Hall–Kier alpha value is -0.860. The Labute approximate surface area is 116 Å². The van der Waals surface area contributed by atoms with Crippen LogP contribution in [0.3, 0.4) is 0 Å². The number of hydrogen-bond donors (Lipinski definition) is 2. The Bertz CT molecular complexity index is 448. The number of nitrogens with one attached hydrogen (secondary N) is 2. The molecule has 19 heavy (non-hydrogen) atoms. The van der Waals surface area contributed by atoms with E-state index in [1.165, 1.54) is 48.9 Å². The predicted octanol–water partition coefficient (Wildman–Crippen LogP) is 2.82. The summed E-state index contributed by atoms with van der Waals surface area (Å²) in [5, 5.41) is 7.13. The van der Waals surface area contributed by atoms with Gasteiger partial charge in [0.25, 0.3) is 0 Å². The highest BCUT2D eigenvalue weighted by Crippen LogP contribution is 2.48. The Balaban J connectivity index is 1.32. The van der Waals surface area contributed by atoms with Crippen molar-refractivity contribution >= 4 is 0 Å². The molecule has 1 aliphatic heterocycles. The molecule has 2 nitrogen and oxygen atoms in total. The van der Waals surface area contributed by atoms with Crippen LogP contribution in [0.25, 0.3) is 0 Å². The molecule has 2 fully saturated rings. The molecule has 0 aromatic heterocycles. The largest absolute Gasteiger partial charge is 0.312 e. The third-order valence-electron chi connectivity index (χ3n) is 5.07. The molecule has 4 rings (SSSR count). The van der Waals surface area contributed by atoms with E-state index in [0.29, 0.717) is 0 Å². The van der Waals surface area contributed by atoms with Crippen LogP contribution in [-0.4, -0.2) is 6.54 Å². The molecule has 1 aromatic carbocycles. The molecule has 2 heteroatoms. The summed E-state index contributed by atoms with van der Waals surface area (Å²) in [5.41, 5.74) is 4.44. The van der Waals surface area contributed by atoms with Crippen molar-refractivity contribution in [3.8, 4) is 0 Å². The molecule has 0 radical (unpaired) electrons. The van der Waals surface area contributed by atoms with Crippen LogP contribution in [0, 0.1) is 17.8 Å². The number of hydrogen-bond acceptors (Lipinski definition) is 2. The molecule has 102 valence electrons. The molecular formula is C17H24N2. The second kappa shape index (κ2) is 4.92. The van der Waals surface area contributed by atoms with E-state index in [0.717, 1.165) is 37.4 Å². The molecule has 2 aliphatic carbocycles. The van der Waals surface area contributed by atoms with Gasteiger partial charge in [0.15, 0.2) is 0 Å². The summed E-state index contributed by atoms with van der Waals surface area (Å²) in [5.74, 6) is 3.10. The molecule has 1 aromatic rings. The monoisotopic (exact) mass is 256 g/mol. The van der Waals surface area contributed by atoms with Crippen LogP contribution in [0.4, 0.5) is 0 Å². The van der Waals surface area contributed by atoms with Crippen LogP contribution in [-0.2, 0) is 19.6 Å². The van der Waals surface area contributed by atoms with Gasteiger partial charge in [-0.1, -0.05) is 18.2 Å². The van der Waals surface area contributed by atoms with E-state index < -0.39 is 0 Å². The quantitative estimate of drug-likeness (QED) is 0.818. The zero-order valence-electron chi connectivity index (χ0n) is 11.6. The summed E-state index contributed by atoms with van der Waals surface area (Å²) in [6, 6.07) is 6.97. The molecule has 0 unspecified atom stereocenters. The molecule has 2 N–H and O–H groups in total. The van der Waals surface area contributed by atoms with Crippen LogP contribution >= 0.6 is 0 Å². The fourth-order valence-corrected chi connectivity index (χ4v) is 3.61. The molecule has 0 saturated heterocycles. The first-order chi connectivity index (χ1) is 9.40. The summed E-state index contributed by atoms with van der Waals surface area (Å²) in [6.07, 6.45) is 5.97. The van der Waals surface area contributed by atoms with Crippen LogP contribution in [0.2, 0.25) is 0 Å². The molecule has 0 atom stereocenters. The minimum absolute atomic E-state index is 0.982. The highest BCUT2D eigenvalue weighted by molar-refractivity contribution is 5.34. The van der Waals surface area contributed by atoms with Gasteiger partial charge in [-0.25, -0.2) is 0 Å². The van der Waals surface area contributed by atoms with Gasteiger partial charge in [-0.3, -0.25) is 0 Å². The highest BCUT2D eigenvalue weighted by Gasteiger charge is 2.40. The van der Waals surface area contributed by atoms with Gasteiger partial charge in [0, 0.05) is 19.6 Å². The standard InChI is InChI=1S/C17H24N2/c1-2-15-9-19-10-16(15)7-12(1)8-18-11-17(13-3-4-13)14-5-6-14/h1-2,7,13-14,17-19H,3-6,8-11H2. The molecule has 0 amide bonds. The Morgan fingerprint density at radius 3 is 2.53 bits per heavy atom. The molecule has 3 aliphatic rings. The van der Waals surface area contributed by atoms with Gasteiger partial charge in [-0.2, -0.15) is 0 Å². The normalized spacial score (nSPS) is 21.9. The Kier molecular flexibility index (Phi) is 3.08. The molecule has 1 heterocycles. The van der Waals surface area contributed by atoms with Crippen molar-refractivity contribution in [2.24, 2.45) is 17.8 Å². The third kappa shape index (κ3) is 2.70. The summed E-state index contributed by atoms with van der Waals surface area (Å²) >= 11 is 0. The van der Waals surface area contributed by atoms with E-state index in [9.17, 15) is 0 Å². The Morgan fingerprint density at radius 2 is 1.79 bits per heavy atom. The van der Waals surface area contributed by atoms with Crippen molar-refractivity contribution in [3.05, 3.63) is 34.9 Å². The van der Waals surface area contributed by atoms with Crippen molar-refractivity contribution in [3.63, 3.8) is 0 Å². The average Bonchev–Trinajstić information content (AvgIpc) is 3.33. The maximum Gasteiger partial charge on any atom is 0.0212 e. The van der Waals surface area contributed by atoms with Gasteiger partial charge in [0.05, 0.1) is 0 Å². The van der Waals surface area contributed by atoms with E-state index >= 15 is 0 Å². The van der Waals surface area contributed by atoms with Crippen molar-refractivity contribution < 1.29 is 0 Å². The fourth-order valence-electron chi connectivity index (χ4n) is 3.61. The molecule has 0 spiro atoms. The first-order valence-electron chi connectivity index (χ1n) is 7.92. The van der Waals surface area contributed by atoms with Crippen molar-refractivity contribution in [1.82, 2.24) is 10.6 Å². The Morgan fingerprint density at radius 1 is 1.05 bits per heavy atom. The van der Waals surface area contributed by atoms with Gasteiger partial charge in [-0.05, 0) is 66.7 Å². The summed E-state index contributed by atoms with van der Waals surface area (Å²) in [4.78, 5) is 0. The van der Waals surface area contributed by atoms with Gasteiger partial charge in [-0.15, -0.1) is 0 Å². The lowest BCUT2D eigenvalue weighted by atomic mass is 9.98. The van der Waals surface area contributed by atoms with E-state index in [-0.39, 0.29) is 0 Å². The summed E-state index contributed by atoms with van der Waals surface area (Å²) in [6.45, 7) is 4.39. The van der Waals surface area contributed by atoms with E-state index in [1.54, 1.807) is 0 Å².